The lowest BCUT2D eigenvalue weighted by molar-refractivity contribution is -0.0367. The third-order valence-corrected chi connectivity index (χ3v) is 6.74. The van der Waals surface area contributed by atoms with E-state index >= 15 is 0 Å². The van der Waals surface area contributed by atoms with Gasteiger partial charge in [-0.3, -0.25) is 4.90 Å². The number of aryl methyl sites for hydroxylation is 1. The first-order chi connectivity index (χ1) is 15.3. The molecule has 2 atom stereocenters. The maximum atomic E-state index is 10.6. The van der Waals surface area contributed by atoms with Crippen LogP contribution in [0.5, 0.6) is 5.75 Å². The van der Waals surface area contributed by atoms with Crippen molar-refractivity contribution in [3.8, 4) is 16.9 Å². The summed E-state index contributed by atoms with van der Waals surface area (Å²) < 4.78 is 6.09. The Morgan fingerprint density at radius 2 is 1.68 bits per heavy atom. The van der Waals surface area contributed by atoms with Crippen molar-refractivity contribution >= 4 is 0 Å². The number of rotatable bonds is 6. The molecule has 0 saturated carbocycles. The lowest BCUT2D eigenvalue weighted by atomic mass is 9.78. The molecule has 1 saturated heterocycles. The number of aliphatic hydroxyl groups excluding tert-OH is 1. The van der Waals surface area contributed by atoms with E-state index in [1.165, 1.54) is 48.8 Å². The lowest BCUT2D eigenvalue weighted by Crippen LogP contribution is -2.33. The zero-order valence-electron chi connectivity index (χ0n) is 18.0. The molecular formula is C28H31NO2. The molecule has 1 heterocycles. The fraction of sp³-hybridized carbons (Fsp3) is 0.357. The molecule has 1 aliphatic heterocycles. The molecule has 0 aromatic heterocycles. The van der Waals surface area contributed by atoms with E-state index in [2.05, 4.69) is 71.6 Å². The second-order valence-corrected chi connectivity index (χ2v) is 8.85. The zero-order chi connectivity index (χ0) is 21.0. The molecule has 0 spiro atoms. The molecule has 1 N–H and O–H groups in total. The molecule has 3 heteroatoms. The molecule has 5 rings (SSSR count). The number of β-amino-alcohol motifs (C(OH)–C–C–N with tert-alkyl or cyclic N) is 1. The smallest absolute Gasteiger partial charge is 0.210 e. The van der Waals surface area contributed by atoms with Gasteiger partial charge in [0.1, 0.15) is 5.75 Å². The number of likely N-dealkylation sites (tertiary alicyclic amines) is 1. The van der Waals surface area contributed by atoms with Gasteiger partial charge in [0, 0.05) is 11.5 Å². The highest BCUT2D eigenvalue weighted by atomic mass is 16.6. The van der Waals surface area contributed by atoms with Crippen LogP contribution < -0.4 is 4.74 Å². The first-order valence-electron chi connectivity index (χ1n) is 11.6. The molecule has 2 unspecified atom stereocenters. The van der Waals surface area contributed by atoms with E-state index in [4.69, 9.17) is 4.74 Å². The SMILES string of the molecule is OC(CN1CCCC1)Oc1ccc(C2CCCc3ccccc32)cc1-c1ccccc1. The fourth-order valence-electron chi connectivity index (χ4n) is 5.18. The van der Waals surface area contributed by atoms with Gasteiger partial charge in [-0.1, -0.05) is 60.7 Å². The quantitative estimate of drug-likeness (QED) is 0.533. The van der Waals surface area contributed by atoms with Gasteiger partial charge >= 0.3 is 0 Å². The minimum atomic E-state index is -0.818. The maximum absolute atomic E-state index is 10.6. The van der Waals surface area contributed by atoms with Gasteiger partial charge in [0.25, 0.3) is 0 Å². The summed E-state index contributed by atoms with van der Waals surface area (Å²) in [6, 6.07) is 25.8. The van der Waals surface area contributed by atoms with Crippen LogP contribution in [0.15, 0.2) is 72.8 Å². The van der Waals surface area contributed by atoms with Crippen LogP contribution >= 0.6 is 0 Å². The summed E-state index contributed by atoms with van der Waals surface area (Å²) in [4.78, 5) is 2.28. The van der Waals surface area contributed by atoms with E-state index in [0.717, 1.165) is 30.0 Å². The second-order valence-electron chi connectivity index (χ2n) is 8.85. The Morgan fingerprint density at radius 1 is 0.903 bits per heavy atom. The predicted molar refractivity (Wildman–Crippen MR) is 125 cm³/mol. The van der Waals surface area contributed by atoms with Crippen LogP contribution in [0.4, 0.5) is 0 Å². The van der Waals surface area contributed by atoms with Gasteiger partial charge in [-0.15, -0.1) is 0 Å². The normalized spacial score (nSPS) is 19.7. The molecule has 160 valence electrons. The van der Waals surface area contributed by atoms with Crippen molar-refractivity contribution in [2.24, 2.45) is 0 Å². The Hall–Kier alpha value is -2.62. The number of hydrogen-bond acceptors (Lipinski definition) is 3. The molecule has 0 bridgehead atoms. The monoisotopic (exact) mass is 413 g/mol. The summed E-state index contributed by atoms with van der Waals surface area (Å²) in [6.45, 7) is 2.66. The van der Waals surface area contributed by atoms with Gasteiger partial charge < -0.3 is 9.84 Å². The van der Waals surface area contributed by atoms with Crippen LogP contribution in [-0.2, 0) is 6.42 Å². The van der Waals surface area contributed by atoms with Crippen molar-refractivity contribution in [2.75, 3.05) is 19.6 Å². The Bertz CT molecular complexity index is 1010. The van der Waals surface area contributed by atoms with Gasteiger partial charge in [0.05, 0.1) is 6.54 Å². The van der Waals surface area contributed by atoms with Crippen LogP contribution in [0.2, 0.25) is 0 Å². The van der Waals surface area contributed by atoms with Crippen LogP contribution in [0.25, 0.3) is 11.1 Å². The molecule has 0 radical (unpaired) electrons. The average molecular weight is 414 g/mol. The minimum absolute atomic E-state index is 0.413. The number of hydrogen-bond donors (Lipinski definition) is 1. The molecule has 2 aliphatic rings. The Labute approximate surface area is 185 Å². The van der Waals surface area contributed by atoms with Crippen LogP contribution in [-0.4, -0.2) is 35.9 Å². The Balaban J connectivity index is 1.47. The molecule has 1 aliphatic carbocycles. The summed E-state index contributed by atoms with van der Waals surface area (Å²) >= 11 is 0. The number of aliphatic hydroxyl groups is 1. The van der Waals surface area contributed by atoms with Gasteiger partial charge in [0.15, 0.2) is 0 Å². The van der Waals surface area contributed by atoms with Gasteiger partial charge in [-0.25, -0.2) is 0 Å². The third-order valence-electron chi connectivity index (χ3n) is 6.74. The molecule has 0 amide bonds. The van der Waals surface area contributed by atoms with Crippen molar-refractivity contribution < 1.29 is 9.84 Å². The van der Waals surface area contributed by atoms with Gasteiger partial charge in [-0.05, 0) is 79.6 Å². The van der Waals surface area contributed by atoms with Gasteiger partial charge in [0.2, 0.25) is 6.29 Å². The fourth-order valence-corrected chi connectivity index (χ4v) is 5.18. The van der Waals surface area contributed by atoms with E-state index in [1.807, 2.05) is 6.07 Å². The summed E-state index contributed by atoms with van der Waals surface area (Å²) in [5.74, 6) is 1.17. The highest BCUT2D eigenvalue weighted by Crippen LogP contribution is 2.40. The van der Waals surface area contributed by atoms with Crippen LogP contribution in [0, 0.1) is 0 Å². The summed E-state index contributed by atoms with van der Waals surface area (Å²) in [5, 5.41) is 10.6. The minimum Gasteiger partial charge on any atom is -0.463 e. The maximum Gasteiger partial charge on any atom is 0.210 e. The zero-order valence-corrected chi connectivity index (χ0v) is 18.0. The first-order valence-corrected chi connectivity index (χ1v) is 11.6. The predicted octanol–water partition coefficient (Wildman–Crippen LogP) is 5.61. The molecule has 1 fully saturated rings. The van der Waals surface area contributed by atoms with Gasteiger partial charge in [-0.2, -0.15) is 0 Å². The highest BCUT2D eigenvalue weighted by Gasteiger charge is 2.23. The summed E-state index contributed by atoms with van der Waals surface area (Å²) in [5.41, 5.74) is 6.43. The number of fused-ring (bicyclic) bond motifs is 1. The van der Waals surface area contributed by atoms with Crippen molar-refractivity contribution in [1.29, 1.82) is 0 Å². The van der Waals surface area contributed by atoms with Crippen LogP contribution in [0.3, 0.4) is 0 Å². The number of ether oxygens (including phenoxy) is 1. The molecule has 3 nitrogen and oxygen atoms in total. The molecular weight excluding hydrogens is 382 g/mol. The molecule has 31 heavy (non-hydrogen) atoms. The lowest BCUT2D eigenvalue weighted by Gasteiger charge is -2.27. The average Bonchev–Trinajstić information content (AvgIpc) is 3.32. The van der Waals surface area contributed by atoms with E-state index in [0.29, 0.717) is 12.5 Å². The topological polar surface area (TPSA) is 32.7 Å². The second kappa shape index (κ2) is 9.25. The van der Waals surface area contributed by atoms with E-state index < -0.39 is 6.29 Å². The third kappa shape index (κ3) is 4.53. The largest absolute Gasteiger partial charge is 0.463 e. The van der Waals surface area contributed by atoms with Crippen molar-refractivity contribution in [2.45, 2.75) is 44.3 Å². The Kier molecular flexibility index (Phi) is 6.06. The Morgan fingerprint density at radius 3 is 2.52 bits per heavy atom. The van der Waals surface area contributed by atoms with E-state index in [1.54, 1.807) is 0 Å². The number of benzene rings is 3. The first kappa shape index (κ1) is 20.3. The summed E-state index contributed by atoms with van der Waals surface area (Å²) in [7, 11) is 0. The van der Waals surface area contributed by atoms with Crippen molar-refractivity contribution in [3.05, 3.63) is 89.5 Å². The summed E-state index contributed by atoms with van der Waals surface area (Å²) in [6.07, 6.45) is 5.15. The van der Waals surface area contributed by atoms with Crippen LogP contribution in [0.1, 0.15) is 48.3 Å². The molecule has 3 aromatic rings. The van der Waals surface area contributed by atoms with Crippen molar-refractivity contribution in [3.63, 3.8) is 0 Å². The standard InChI is InChI=1S/C28H31NO2/c30-28(20-29-17-6-7-18-29)31-27-16-15-23(19-26(27)22-9-2-1-3-10-22)25-14-8-12-21-11-4-5-13-24(21)25/h1-5,9-11,13,15-16,19,25,28,30H,6-8,12,14,17-18,20H2. The molecule has 3 aromatic carbocycles. The van der Waals surface area contributed by atoms with E-state index in [9.17, 15) is 5.11 Å². The van der Waals surface area contributed by atoms with E-state index in [-0.39, 0.29) is 0 Å². The number of nitrogens with zero attached hydrogens (tertiary/aromatic N) is 1. The highest BCUT2D eigenvalue weighted by molar-refractivity contribution is 5.71. The van der Waals surface area contributed by atoms with Crippen molar-refractivity contribution in [1.82, 2.24) is 4.90 Å².